The molecule has 0 aliphatic rings. The van der Waals surface area contributed by atoms with Crippen LogP contribution in [-0.4, -0.2) is 32.0 Å². The highest BCUT2D eigenvalue weighted by atomic mass is 35.5. The first-order valence-corrected chi connectivity index (χ1v) is 7.13. The maximum Gasteiger partial charge on any atom is 0.253 e. The van der Waals surface area contributed by atoms with Crippen molar-refractivity contribution in [2.75, 3.05) is 26.0 Å². The molecule has 2 aromatic carbocycles. The first-order chi connectivity index (χ1) is 9.99. The van der Waals surface area contributed by atoms with Crippen molar-refractivity contribution < 1.29 is 4.79 Å². The van der Waals surface area contributed by atoms with E-state index in [0.717, 1.165) is 11.3 Å². The Labute approximate surface area is 130 Å². The molecule has 21 heavy (non-hydrogen) atoms. The van der Waals surface area contributed by atoms with Crippen molar-refractivity contribution in [2.24, 2.45) is 0 Å². The number of carbonyl (C=O) groups is 1. The quantitative estimate of drug-likeness (QED) is 0.860. The van der Waals surface area contributed by atoms with Gasteiger partial charge < -0.3 is 9.80 Å². The fourth-order valence-electron chi connectivity index (χ4n) is 2.08. The van der Waals surface area contributed by atoms with Crippen LogP contribution in [0.25, 0.3) is 0 Å². The third-order valence-corrected chi connectivity index (χ3v) is 3.71. The van der Waals surface area contributed by atoms with Gasteiger partial charge in [0.2, 0.25) is 0 Å². The van der Waals surface area contributed by atoms with Crippen LogP contribution in [0.1, 0.15) is 15.9 Å². The fourth-order valence-corrected chi connectivity index (χ4v) is 2.27. The average molecular weight is 303 g/mol. The summed E-state index contributed by atoms with van der Waals surface area (Å²) in [7, 11) is 5.73. The lowest BCUT2D eigenvalue weighted by molar-refractivity contribution is 0.0785. The van der Waals surface area contributed by atoms with Gasteiger partial charge in [0.15, 0.2) is 0 Å². The summed E-state index contributed by atoms with van der Waals surface area (Å²) in [6.45, 7) is 0.494. The zero-order valence-corrected chi connectivity index (χ0v) is 13.3. The summed E-state index contributed by atoms with van der Waals surface area (Å²) in [5.74, 6) is -0.0137. The second-order valence-electron chi connectivity index (χ2n) is 5.19. The van der Waals surface area contributed by atoms with Gasteiger partial charge >= 0.3 is 0 Å². The van der Waals surface area contributed by atoms with Crippen molar-refractivity contribution in [3.8, 4) is 0 Å². The summed E-state index contributed by atoms with van der Waals surface area (Å²) >= 11 is 6.13. The second-order valence-corrected chi connectivity index (χ2v) is 5.60. The van der Waals surface area contributed by atoms with E-state index in [4.69, 9.17) is 11.6 Å². The third-order valence-electron chi connectivity index (χ3n) is 3.34. The molecule has 0 heterocycles. The molecule has 1 amide bonds. The Hall–Kier alpha value is -2.00. The van der Waals surface area contributed by atoms with E-state index in [9.17, 15) is 4.79 Å². The zero-order chi connectivity index (χ0) is 15.4. The molecule has 4 heteroatoms. The number of benzene rings is 2. The van der Waals surface area contributed by atoms with E-state index < -0.39 is 0 Å². The van der Waals surface area contributed by atoms with Gasteiger partial charge in [-0.3, -0.25) is 4.79 Å². The molecule has 2 aromatic rings. The van der Waals surface area contributed by atoms with Crippen LogP contribution in [0.15, 0.2) is 48.5 Å². The van der Waals surface area contributed by atoms with E-state index in [0.29, 0.717) is 17.1 Å². The van der Waals surface area contributed by atoms with Gasteiger partial charge in [-0.05, 0) is 35.9 Å². The Balaban J connectivity index is 2.10. The van der Waals surface area contributed by atoms with Crippen LogP contribution in [0, 0.1) is 0 Å². The molecular formula is C17H19ClN2O. The predicted octanol–water partition coefficient (Wildman–Crippen LogP) is 3.68. The highest BCUT2D eigenvalue weighted by molar-refractivity contribution is 6.31. The van der Waals surface area contributed by atoms with Gasteiger partial charge in [-0.15, -0.1) is 0 Å². The summed E-state index contributed by atoms with van der Waals surface area (Å²) in [6, 6.07) is 15.1. The first kappa shape index (κ1) is 15.4. The Kier molecular flexibility index (Phi) is 4.86. The minimum atomic E-state index is -0.0137. The van der Waals surface area contributed by atoms with Gasteiger partial charge in [0.05, 0.1) is 0 Å². The molecule has 0 aliphatic heterocycles. The molecule has 2 rings (SSSR count). The van der Waals surface area contributed by atoms with E-state index >= 15 is 0 Å². The predicted molar refractivity (Wildman–Crippen MR) is 88.0 cm³/mol. The molecule has 0 saturated carbocycles. The van der Waals surface area contributed by atoms with Crippen molar-refractivity contribution >= 4 is 23.2 Å². The molecule has 0 aromatic heterocycles. The van der Waals surface area contributed by atoms with Crippen molar-refractivity contribution in [3.63, 3.8) is 0 Å². The van der Waals surface area contributed by atoms with E-state index in [-0.39, 0.29) is 5.91 Å². The van der Waals surface area contributed by atoms with Crippen LogP contribution >= 0.6 is 11.6 Å². The maximum atomic E-state index is 12.4. The summed E-state index contributed by atoms with van der Waals surface area (Å²) in [5.41, 5.74) is 2.69. The monoisotopic (exact) mass is 302 g/mol. The van der Waals surface area contributed by atoms with Gasteiger partial charge in [-0.2, -0.15) is 0 Å². The lowest BCUT2D eigenvalue weighted by Crippen LogP contribution is -2.26. The lowest BCUT2D eigenvalue weighted by atomic mass is 10.1. The molecule has 0 saturated heterocycles. The second kappa shape index (κ2) is 6.64. The number of hydrogen-bond donors (Lipinski definition) is 0. The van der Waals surface area contributed by atoms with Crippen LogP contribution in [-0.2, 0) is 6.54 Å². The standard InChI is InChI=1S/C17H19ClN2O/c1-19(2)15-10-8-13(9-11-15)17(21)20(3)12-14-6-4-5-7-16(14)18/h4-11H,12H2,1-3H3. The molecule has 110 valence electrons. The smallest absolute Gasteiger partial charge is 0.253 e. The molecule has 3 nitrogen and oxygen atoms in total. The summed E-state index contributed by atoms with van der Waals surface area (Å²) in [4.78, 5) is 16.1. The minimum Gasteiger partial charge on any atom is -0.378 e. The lowest BCUT2D eigenvalue weighted by Gasteiger charge is -2.19. The number of anilines is 1. The normalized spacial score (nSPS) is 10.3. The van der Waals surface area contributed by atoms with Crippen LogP contribution < -0.4 is 4.90 Å². The number of amides is 1. The SMILES string of the molecule is CN(Cc1ccccc1Cl)C(=O)c1ccc(N(C)C)cc1. The fraction of sp³-hybridized carbons (Fsp3) is 0.235. The number of carbonyl (C=O) groups excluding carboxylic acids is 1. The van der Waals surface area contributed by atoms with E-state index in [2.05, 4.69) is 0 Å². The summed E-state index contributed by atoms with van der Waals surface area (Å²) in [6.07, 6.45) is 0. The van der Waals surface area contributed by atoms with Gasteiger partial charge in [-0.1, -0.05) is 29.8 Å². The van der Waals surface area contributed by atoms with Crippen molar-refractivity contribution in [2.45, 2.75) is 6.54 Å². The van der Waals surface area contributed by atoms with Gasteiger partial charge in [-0.25, -0.2) is 0 Å². The van der Waals surface area contributed by atoms with E-state index in [1.165, 1.54) is 0 Å². The van der Waals surface area contributed by atoms with Crippen molar-refractivity contribution in [3.05, 3.63) is 64.7 Å². The van der Waals surface area contributed by atoms with E-state index in [1.807, 2.05) is 67.5 Å². The van der Waals surface area contributed by atoms with Crippen molar-refractivity contribution in [1.82, 2.24) is 4.90 Å². The van der Waals surface area contributed by atoms with Gasteiger partial charge in [0.25, 0.3) is 5.91 Å². The molecule has 0 spiro atoms. The summed E-state index contributed by atoms with van der Waals surface area (Å²) in [5, 5.41) is 0.681. The highest BCUT2D eigenvalue weighted by Gasteiger charge is 2.13. The number of nitrogens with zero attached hydrogens (tertiary/aromatic N) is 2. The van der Waals surface area contributed by atoms with Crippen LogP contribution in [0.4, 0.5) is 5.69 Å². The highest BCUT2D eigenvalue weighted by Crippen LogP contribution is 2.18. The van der Waals surface area contributed by atoms with Crippen molar-refractivity contribution in [1.29, 1.82) is 0 Å². The minimum absolute atomic E-state index is 0.0137. The molecular weight excluding hydrogens is 284 g/mol. The molecule has 0 unspecified atom stereocenters. The molecule has 0 fully saturated rings. The van der Waals surface area contributed by atoms with E-state index in [1.54, 1.807) is 11.9 Å². The van der Waals surface area contributed by atoms with Gasteiger partial charge in [0, 0.05) is 44.0 Å². The largest absolute Gasteiger partial charge is 0.378 e. The van der Waals surface area contributed by atoms with Crippen LogP contribution in [0.5, 0.6) is 0 Å². The molecule has 0 aliphatic carbocycles. The Morgan fingerprint density at radius 2 is 1.62 bits per heavy atom. The maximum absolute atomic E-state index is 12.4. The van der Waals surface area contributed by atoms with Crippen LogP contribution in [0.3, 0.4) is 0 Å². The zero-order valence-electron chi connectivity index (χ0n) is 12.5. The van der Waals surface area contributed by atoms with Gasteiger partial charge in [0.1, 0.15) is 0 Å². The summed E-state index contributed by atoms with van der Waals surface area (Å²) < 4.78 is 0. The van der Waals surface area contributed by atoms with Crippen LogP contribution in [0.2, 0.25) is 5.02 Å². The molecule has 0 radical (unpaired) electrons. The Bertz CT molecular complexity index is 623. The number of halogens is 1. The average Bonchev–Trinajstić information content (AvgIpc) is 2.49. The first-order valence-electron chi connectivity index (χ1n) is 6.75. The topological polar surface area (TPSA) is 23.6 Å². The Morgan fingerprint density at radius 3 is 2.19 bits per heavy atom. The number of hydrogen-bond acceptors (Lipinski definition) is 2. The molecule has 0 N–H and O–H groups in total. The third kappa shape index (κ3) is 3.76. The molecule has 0 bridgehead atoms. The molecule has 0 atom stereocenters. The Morgan fingerprint density at radius 1 is 1.00 bits per heavy atom. The number of rotatable bonds is 4.